The summed E-state index contributed by atoms with van der Waals surface area (Å²) in [5, 5.41) is 5.86. The van der Waals surface area contributed by atoms with Gasteiger partial charge in [-0.3, -0.25) is 0 Å². The molecule has 2 heterocycles. The monoisotopic (exact) mass is 249 g/mol. The number of fused-ring (bicyclic) bond motifs is 1. The van der Waals surface area contributed by atoms with Crippen LogP contribution in [-0.2, 0) is 0 Å². The number of pyridine rings is 1. The Morgan fingerprint density at radius 3 is 2.76 bits per heavy atom. The maximum absolute atomic E-state index is 11.6. The normalized spacial score (nSPS) is 10.6. The van der Waals surface area contributed by atoms with Crippen molar-refractivity contribution in [3.8, 4) is 0 Å². The van der Waals surface area contributed by atoms with Crippen molar-refractivity contribution in [1.82, 2.24) is 9.88 Å². The quantitative estimate of drug-likeness (QED) is 0.844. The summed E-state index contributed by atoms with van der Waals surface area (Å²) < 4.78 is 0. The molecule has 0 atom stereocenters. The molecule has 0 radical (unpaired) electrons. The van der Waals surface area contributed by atoms with Crippen LogP contribution in [0, 0.1) is 13.8 Å². The van der Waals surface area contributed by atoms with Crippen LogP contribution in [-0.4, -0.2) is 30.0 Å². The molecule has 17 heavy (non-hydrogen) atoms. The lowest BCUT2D eigenvalue weighted by Crippen LogP contribution is -2.27. The lowest BCUT2D eigenvalue weighted by Gasteiger charge is -2.11. The van der Waals surface area contributed by atoms with E-state index in [0.29, 0.717) is 0 Å². The molecule has 0 aliphatic carbocycles. The summed E-state index contributed by atoms with van der Waals surface area (Å²) in [5.41, 5.74) is 2.99. The number of aromatic nitrogens is 1. The zero-order chi connectivity index (χ0) is 12.6. The van der Waals surface area contributed by atoms with Crippen LogP contribution in [0.3, 0.4) is 0 Å². The predicted molar refractivity (Wildman–Crippen MR) is 71.8 cm³/mol. The van der Waals surface area contributed by atoms with Crippen molar-refractivity contribution < 1.29 is 4.79 Å². The number of anilines is 1. The van der Waals surface area contributed by atoms with E-state index in [1.54, 1.807) is 25.4 Å². The number of carbonyl (C=O) groups is 1. The van der Waals surface area contributed by atoms with Gasteiger partial charge in [0, 0.05) is 30.6 Å². The molecule has 1 N–H and O–H groups in total. The lowest BCUT2D eigenvalue weighted by molar-refractivity contribution is 0.231. The highest BCUT2D eigenvalue weighted by atomic mass is 32.1. The van der Waals surface area contributed by atoms with E-state index >= 15 is 0 Å². The zero-order valence-electron chi connectivity index (χ0n) is 10.4. The van der Waals surface area contributed by atoms with Crippen molar-refractivity contribution in [2.45, 2.75) is 13.8 Å². The molecule has 5 heteroatoms. The van der Waals surface area contributed by atoms with Gasteiger partial charge in [0.2, 0.25) is 0 Å². The van der Waals surface area contributed by atoms with Gasteiger partial charge in [0.25, 0.3) is 0 Å². The molecule has 0 bridgehead atoms. The molecular formula is C12H15N3OS. The third kappa shape index (κ3) is 2.24. The Kier molecular flexibility index (Phi) is 3.02. The van der Waals surface area contributed by atoms with Crippen molar-refractivity contribution in [2.24, 2.45) is 0 Å². The number of urea groups is 1. The van der Waals surface area contributed by atoms with E-state index in [9.17, 15) is 4.79 Å². The van der Waals surface area contributed by atoms with E-state index < -0.39 is 0 Å². The van der Waals surface area contributed by atoms with E-state index in [1.165, 1.54) is 4.90 Å². The van der Waals surface area contributed by atoms with Crippen molar-refractivity contribution in [2.75, 3.05) is 19.4 Å². The van der Waals surface area contributed by atoms with Crippen LogP contribution in [0.2, 0.25) is 0 Å². The van der Waals surface area contributed by atoms with Gasteiger partial charge in [0.15, 0.2) is 0 Å². The highest BCUT2D eigenvalue weighted by Crippen LogP contribution is 2.31. The van der Waals surface area contributed by atoms with Crippen molar-refractivity contribution in [3.05, 3.63) is 22.7 Å². The molecule has 0 spiro atoms. The SMILES string of the molecule is Cc1cc(C)c2c(NC(=O)N(C)C)csc2n1. The average molecular weight is 249 g/mol. The number of amides is 2. The standard InChI is InChI=1S/C12H15N3OS/c1-7-5-8(2)13-11-10(7)9(6-17-11)14-12(16)15(3)4/h5-6H,1-4H3,(H,14,16). The maximum Gasteiger partial charge on any atom is 0.321 e. The van der Waals surface area contributed by atoms with Crippen molar-refractivity contribution in [1.29, 1.82) is 0 Å². The maximum atomic E-state index is 11.6. The molecule has 0 fully saturated rings. The van der Waals surface area contributed by atoms with Crippen LogP contribution in [0.5, 0.6) is 0 Å². The van der Waals surface area contributed by atoms with E-state index in [4.69, 9.17) is 0 Å². The van der Waals surface area contributed by atoms with E-state index in [2.05, 4.69) is 10.3 Å². The Labute approximate surface area is 104 Å². The Morgan fingerprint density at radius 2 is 2.12 bits per heavy atom. The summed E-state index contributed by atoms with van der Waals surface area (Å²) in [5.74, 6) is 0. The second kappa shape index (κ2) is 4.33. The smallest absolute Gasteiger partial charge is 0.321 e. The lowest BCUT2D eigenvalue weighted by atomic mass is 10.1. The first-order valence-corrected chi connectivity index (χ1v) is 6.20. The molecular weight excluding hydrogens is 234 g/mol. The zero-order valence-corrected chi connectivity index (χ0v) is 11.2. The average Bonchev–Trinajstić information content (AvgIpc) is 2.60. The largest absolute Gasteiger partial charge is 0.331 e. The molecule has 2 amide bonds. The number of rotatable bonds is 1. The molecule has 90 valence electrons. The minimum absolute atomic E-state index is 0.121. The van der Waals surface area contributed by atoms with Crippen LogP contribution in [0.4, 0.5) is 10.5 Å². The molecule has 0 saturated carbocycles. The summed E-state index contributed by atoms with van der Waals surface area (Å²) in [7, 11) is 3.44. The Balaban J connectivity index is 2.46. The minimum atomic E-state index is -0.121. The number of nitrogens with zero attached hydrogens (tertiary/aromatic N) is 2. The van der Waals surface area contributed by atoms with Crippen LogP contribution < -0.4 is 5.32 Å². The molecule has 0 aliphatic heterocycles. The van der Waals surface area contributed by atoms with E-state index in [-0.39, 0.29) is 6.03 Å². The predicted octanol–water partition coefficient (Wildman–Crippen LogP) is 3.01. The van der Waals surface area contributed by atoms with E-state index in [1.807, 2.05) is 25.3 Å². The molecule has 0 aromatic carbocycles. The number of thiophene rings is 1. The Morgan fingerprint density at radius 1 is 1.41 bits per heavy atom. The molecule has 0 aliphatic rings. The van der Waals surface area contributed by atoms with Gasteiger partial charge in [-0.15, -0.1) is 11.3 Å². The number of nitrogens with one attached hydrogen (secondary N) is 1. The molecule has 2 rings (SSSR count). The van der Waals surface area contributed by atoms with Gasteiger partial charge in [0.1, 0.15) is 4.83 Å². The fraction of sp³-hybridized carbons (Fsp3) is 0.333. The van der Waals surface area contributed by atoms with Gasteiger partial charge >= 0.3 is 6.03 Å². The molecule has 0 saturated heterocycles. The van der Waals surface area contributed by atoms with Crippen molar-refractivity contribution >= 4 is 33.3 Å². The third-order valence-electron chi connectivity index (χ3n) is 2.52. The number of aryl methyl sites for hydroxylation is 2. The van der Waals surface area contributed by atoms with Crippen molar-refractivity contribution in [3.63, 3.8) is 0 Å². The third-order valence-corrected chi connectivity index (χ3v) is 3.39. The Hall–Kier alpha value is -1.62. The van der Waals surface area contributed by atoms with Gasteiger partial charge in [-0.05, 0) is 25.5 Å². The summed E-state index contributed by atoms with van der Waals surface area (Å²) in [6.07, 6.45) is 0. The summed E-state index contributed by atoms with van der Waals surface area (Å²) in [6, 6.07) is 1.91. The van der Waals surface area contributed by atoms with Crippen LogP contribution in [0.25, 0.3) is 10.2 Å². The fourth-order valence-electron chi connectivity index (χ4n) is 1.71. The topological polar surface area (TPSA) is 45.2 Å². The summed E-state index contributed by atoms with van der Waals surface area (Å²) >= 11 is 1.55. The van der Waals surface area contributed by atoms with Gasteiger partial charge in [0.05, 0.1) is 5.69 Å². The first-order valence-electron chi connectivity index (χ1n) is 5.33. The minimum Gasteiger partial charge on any atom is -0.331 e. The highest BCUT2D eigenvalue weighted by molar-refractivity contribution is 7.17. The fourth-order valence-corrected chi connectivity index (χ4v) is 2.70. The highest BCUT2D eigenvalue weighted by Gasteiger charge is 2.12. The second-order valence-electron chi connectivity index (χ2n) is 4.23. The van der Waals surface area contributed by atoms with Gasteiger partial charge < -0.3 is 10.2 Å². The number of hydrogen-bond donors (Lipinski definition) is 1. The number of hydrogen-bond acceptors (Lipinski definition) is 3. The first-order chi connectivity index (χ1) is 7.99. The molecule has 2 aromatic heterocycles. The second-order valence-corrected chi connectivity index (χ2v) is 5.09. The van der Waals surface area contributed by atoms with Crippen LogP contribution >= 0.6 is 11.3 Å². The number of carbonyl (C=O) groups excluding carboxylic acids is 1. The van der Waals surface area contributed by atoms with Crippen LogP contribution in [0.1, 0.15) is 11.3 Å². The Bertz CT molecular complexity index is 574. The summed E-state index contributed by atoms with van der Waals surface area (Å²) in [4.78, 5) is 18.6. The molecule has 4 nitrogen and oxygen atoms in total. The van der Waals surface area contributed by atoms with Gasteiger partial charge in [-0.2, -0.15) is 0 Å². The summed E-state index contributed by atoms with van der Waals surface area (Å²) in [6.45, 7) is 4.01. The van der Waals surface area contributed by atoms with Crippen LogP contribution in [0.15, 0.2) is 11.4 Å². The van der Waals surface area contributed by atoms with Gasteiger partial charge in [-0.25, -0.2) is 9.78 Å². The first kappa shape index (κ1) is 11.9. The molecule has 2 aromatic rings. The van der Waals surface area contributed by atoms with E-state index in [0.717, 1.165) is 27.2 Å². The van der Waals surface area contributed by atoms with Gasteiger partial charge in [-0.1, -0.05) is 0 Å². The molecule has 0 unspecified atom stereocenters.